The van der Waals surface area contributed by atoms with E-state index in [0.717, 1.165) is 5.56 Å². The van der Waals surface area contributed by atoms with Crippen LogP contribution in [-0.2, 0) is 0 Å². The highest BCUT2D eigenvalue weighted by molar-refractivity contribution is 6.10. The number of carbonyl (C=O) groups is 1. The van der Waals surface area contributed by atoms with E-state index in [1.807, 2.05) is 0 Å². The lowest BCUT2D eigenvalue weighted by atomic mass is 9.99. The predicted molar refractivity (Wildman–Crippen MR) is 99.6 cm³/mol. The molecule has 0 fully saturated rings. The molecule has 6 nitrogen and oxygen atoms in total. The van der Waals surface area contributed by atoms with Crippen LogP contribution in [0.5, 0.6) is 0 Å². The van der Waals surface area contributed by atoms with Gasteiger partial charge in [-0.2, -0.15) is 0 Å². The molecule has 0 radical (unpaired) electrons. The topological polar surface area (TPSA) is 76.3 Å². The van der Waals surface area contributed by atoms with Crippen molar-refractivity contribution in [3.63, 3.8) is 0 Å². The lowest BCUT2D eigenvalue weighted by Crippen LogP contribution is -2.30. The number of para-hydroxylation sites is 1. The minimum atomic E-state index is -0.619. The molecule has 0 saturated heterocycles. The van der Waals surface area contributed by atoms with Gasteiger partial charge in [0.1, 0.15) is 11.4 Å². The van der Waals surface area contributed by atoms with E-state index in [-0.39, 0.29) is 17.1 Å². The summed E-state index contributed by atoms with van der Waals surface area (Å²) in [7, 11) is 0. The Kier molecular flexibility index (Phi) is 3.36. The summed E-state index contributed by atoms with van der Waals surface area (Å²) in [6, 6.07) is 15.2. The summed E-state index contributed by atoms with van der Waals surface area (Å²) in [5.74, 6) is 0.138. The summed E-state index contributed by atoms with van der Waals surface area (Å²) in [6.07, 6.45) is 4.88. The number of anilines is 1. The monoisotopic (exact) mass is 355 g/mol. The first-order valence-electron chi connectivity index (χ1n) is 8.46. The summed E-state index contributed by atoms with van der Waals surface area (Å²) in [5.41, 5.74) is 1.28. The quantitative estimate of drug-likeness (QED) is 0.551. The second-order valence-corrected chi connectivity index (χ2v) is 6.22. The molecule has 0 aliphatic carbocycles. The molecule has 1 aliphatic heterocycles. The van der Waals surface area contributed by atoms with Crippen LogP contribution < -0.4 is 10.3 Å². The Morgan fingerprint density at radius 3 is 2.44 bits per heavy atom. The molecule has 130 valence electrons. The van der Waals surface area contributed by atoms with Gasteiger partial charge in [-0.3, -0.25) is 19.5 Å². The minimum Gasteiger partial charge on any atom is -0.450 e. The molecule has 1 amide bonds. The van der Waals surface area contributed by atoms with Crippen LogP contribution in [0.2, 0.25) is 0 Å². The minimum absolute atomic E-state index is 0.0613. The van der Waals surface area contributed by atoms with Gasteiger partial charge in [0.2, 0.25) is 5.76 Å². The van der Waals surface area contributed by atoms with Gasteiger partial charge in [-0.25, -0.2) is 4.98 Å². The molecule has 0 unspecified atom stereocenters. The number of fused-ring (bicyclic) bond motifs is 2. The average molecular weight is 355 g/mol. The van der Waals surface area contributed by atoms with E-state index in [1.165, 1.54) is 4.90 Å². The zero-order chi connectivity index (χ0) is 18.4. The van der Waals surface area contributed by atoms with Crippen LogP contribution in [-0.4, -0.2) is 15.9 Å². The van der Waals surface area contributed by atoms with Crippen molar-refractivity contribution in [2.24, 2.45) is 0 Å². The number of aromatic nitrogens is 2. The van der Waals surface area contributed by atoms with E-state index in [2.05, 4.69) is 9.97 Å². The maximum atomic E-state index is 13.3. The van der Waals surface area contributed by atoms with Gasteiger partial charge in [0.05, 0.1) is 17.0 Å². The van der Waals surface area contributed by atoms with E-state index in [0.29, 0.717) is 22.4 Å². The molecule has 1 atom stereocenters. The molecular weight excluding hydrogens is 342 g/mol. The number of amides is 1. The Bertz CT molecular complexity index is 1220. The van der Waals surface area contributed by atoms with Crippen LogP contribution in [0, 0.1) is 0 Å². The van der Waals surface area contributed by atoms with Gasteiger partial charge < -0.3 is 4.42 Å². The first kappa shape index (κ1) is 15.5. The summed E-state index contributed by atoms with van der Waals surface area (Å²) in [5, 5.41) is 0.450. The number of hydrogen-bond acceptors (Lipinski definition) is 5. The second-order valence-electron chi connectivity index (χ2n) is 6.22. The molecule has 1 aliphatic rings. The third-order valence-electron chi connectivity index (χ3n) is 4.70. The van der Waals surface area contributed by atoms with Crippen molar-refractivity contribution in [1.82, 2.24) is 9.97 Å². The van der Waals surface area contributed by atoms with Crippen molar-refractivity contribution in [2.45, 2.75) is 6.04 Å². The second kappa shape index (κ2) is 5.88. The fraction of sp³-hybridized carbons (Fsp3) is 0.0476. The lowest BCUT2D eigenvalue weighted by Gasteiger charge is -2.23. The predicted octanol–water partition coefficient (Wildman–Crippen LogP) is 3.33. The third kappa shape index (κ3) is 2.27. The van der Waals surface area contributed by atoms with Gasteiger partial charge in [0, 0.05) is 18.6 Å². The first-order valence-corrected chi connectivity index (χ1v) is 8.46. The van der Waals surface area contributed by atoms with E-state index < -0.39 is 6.04 Å². The molecule has 1 aromatic carbocycles. The molecular formula is C21H13N3O3. The Balaban J connectivity index is 1.84. The SMILES string of the molecule is O=C1c2oc3ccccc3c(=O)c2[C@@H](c2ccncc2)N1c1ccccn1. The first-order chi connectivity index (χ1) is 13.3. The van der Waals surface area contributed by atoms with Gasteiger partial charge in [-0.15, -0.1) is 0 Å². The highest BCUT2D eigenvalue weighted by Gasteiger charge is 2.44. The zero-order valence-electron chi connectivity index (χ0n) is 14.1. The van der Waals surface area contributed by atoms with Gasteiger partial charge in [-0.05, 0) is 42.0 Å². The number of pyridine rings is 2. The highest BCUT2D eigenvalue weighted by atomic mass is 16.3. The molecule has 0 N–H and O–H groups in total. The normalized spacial score (nSPS) is 15.9. The van der Waals surface area contributed by atoms with E-state index in [4.69, 9.17) is 4.42 Å². The molecule has 27 heavy (non-hydrogen) atoms. The standard InChI is InChI=1S/C21H13N3O3/c25-19-14-5-1-2-6-15(14)27-20-17(19)18(13-8-11-22-12-9-13)24(21(20)26)16-7-3-4-10-23-16/h1-12,18H/t18-/m1/s1. The number of carbonyl (C=O) groups excluding carboxylic acids is 1. The van der Waals surface area contributed by atoms with Crippen LogP contribution in [0.3, 0.4) is 0 Å². The van der Waals surface area contributed by atoms with E-state index >= 15 is 0 Å². The van der Waals surface area contributed by atoms with Gasteiger partial charge in [0.15, 0.2) is 5.43 Å². The van der Waals surface area contributed by atoms with Crippen molar-refractivity contribution < 1.29 is 9.21 Å². The van der Waals surface area contributed by atoms with E-state index in [1.54, 1.807) is 73.2 Å². The van der Waals surface area contributed by atoms with Crippen molar-refractivity contribution in [3.05, 3.63) is 100 Å². The fourth-order valence-corrected chi connectivity index (χ4v) is 3.51. The highest BCUT2D eigenvalue weighted by Crippen LogP contribution is 2.40. The fourth-order valence-electron chi connectivity index (χ4n) is 3.51. The van der Waals surface area contributed by atoms with E-state index in [9.17, 15) is 9.59 Å². The average Bonchev–Trinajstić information content (AvgIpc) is 3.02. The summed E-state index contributed by atoms with van der Waals surface area (Å²) < 4.78 is 5.87. The summed E-state index contributed by atoms with van der Waals surface area (Å²) >= 11 is 0. The third-order valence-corrected chi connectivity index (χ3v) is 4.70. The number of hydrogen-bond donors (Lipinski definition) is 0. The molecule has 0 spiro atoms. The molecule has 0 saturated carbocycles. The van der Waals surface area contributed by atoms with Crippen LogP contribution in [0.4, 0.5) is 5.82 Å². The van der Waals surface area contributed by atoms with Crippen LogP contribution in [0.25, 0.3) is 11.0 Å². The largest absolute Gasteiger partial charge is 0.450 e. The smallest absolute Gasteiger partial charge is 0.296 e. The van der Waals surface area contributed by atoms with Crippen molar-refractivity contribution >= 4 is 22.7 Å². The van der Waals surface area contributed by atoms with Crippen molar-refractivity contribution in [3.8, 4) is 0 Å². The summed E-state index contributed by atoms with van der Waals surface area (Å²) in [4.78, 5) is 36.3. The Labute approximate surface area is 153 Å². The van der Waals surface area contributed by atoms with Gasteiger partial charge >= 0.3 is 0 Å². The molecule has 4 aromatic rings. The maximum absolute atomic E-state index is 13.3. The molecule has 4 heterocycles. The Morgan fingerprint density at radius 2 is 1.67 bits per heavy atom. The van der Waals surface area contributed by atoms with Crippen LogP contribution in [0.15, 0.2) is 82.4 Å². The number of benzene rings is 1. The van der Waals surface area contributed by atoms with Gasteiger partial charge in [-0.1, -0.05) is 18.2 Å². The van der Waals surface area contributed by atoms with Crippen LogP contribution in [0.1, 0.15) is 27.7 Å². The maximum Gasteiger partial charge on any atom is 0.296 e. The van der Waals surface area contributed by atoms with Crippen molar-refractivity contribution in [1.29, 1.82) is 0 Å². The van der Waals surface area contributed by atoms with Crippen molar-refractivity contribution in [2.75, 3.05) is 4.90 Å². The van der Waals surface area contributed by atoms with Crippen LogP contribution >= 0.6 is 0 Å². The molecule has 0 bridgehead atoms. The molecule has 3 aromatic heterocycles. The Morgan fingerprint density at radius 1 is 0.889 bits per heavy atom. The van der Waals surface area contributed by atoms with Gasteiger partial charge in [0.25, 0.3) is 5.91 Å². The zero-order valence-corrected chi connectivity index (χ0v) is 14.1. The number of rotatable bonds is 2. The lowest BCUT2D eigenvalue weighted by molar-refractivity contribution is 0.0970. The summed E-state index contributed by atoms with van der Waals surface area (Å²) in [6.45, 7) is 0. The molecule has 5 rings (SSSR count). The number of nitrogens with zero attached hydrogens (tertiary/aromatic N) is 3. The molecule has 6 heteroatoms. The Hall–Kier alpha value is -3.80.